The molecule has 0 aromatic heterocycles. The molecule has 2 aliphatic heterocycles. The highest BCUT2D eigenvalue weighted by molar-refractivity contribution is 5.86. The minimum atomic E-state index is -0.366. The van der Waals surface area contributed by atoms with Crippen LogP contribution >= 0.6 is 0 Å². The first-order valence-corrected chi connectivity index (χ1v) is 7.37. The molecule has 4 nitrogen and oxygen atoms in total. The van der Waals surface area contributed by atoms with Crippen molar-refractivity contribution in [3.8, 4) is 0 Å². The fourth-order valence-corrected chi connectivity index (χ4v) is 3.23. The third-order valence-corrected chi connectivity index (χ3v) is 4.66. The number of amides is 1. The van der Waals surface area contributed by atoms with Gasteiger partial charge < -0.3 is 15.4 Å². The highest BCUT2D eigenvalue weighted by atomic mass is 16.5. The van der Waals surface area contributed by atoms with Crippen LogP contribution in [0.25, 0.3) is 0 Å². The van der Waals surface area contributed by atoms with E-state index in [0.29, 0.717) is 5.92 Å². The largest absolute Gasteiger partial charge is 0.376 e. The molecular weight excluding hydrogens is 228 g/mol. The predicted octanol–water partition coefficient (Wildman–Crippen LogP) is 1.20. The lowest BCUT2D eigenvalue weighted by molar-refractivity contribution is -0.129. The van der Waals surface area contributed by atoms with E-state index in [1.807, 2.05) is 6.92 Å². The molecule has 1 saturated carbocycles. The second-order valence-electron chi connectivity index (χ2n) is 6.26. The Labute approximate surface area is 109 Å². The Morgan fingerprint density at radius 2 is 2.17 bits per heavy atom. The Kier molecular flexibility index (Phi) is 3.32. The molecule has 1 aliphatic carbocycles. The first kappa shape index (κ1) is 12.4. The minimum absolute atomic E-state index is 0.170. The Hall–Kier alpha value is -0.610. The molecule has 3 unspecified atom stereocenters. The van der Waals surface area contributed by atoms with E-state index in [1.165, 1.54) is 19.3 Å². The molecule has 102 valence electrons. The summed E-state index contributed by atoms with van der Waals surface area (Å²) in [6, 6.07) is 0.241. The summed E-state index contributed by atoms with van der Waals surface area (Å²) in [6.07, 6.45) is 7.06. The van der Waals surface area contributed by atoms with Gasteiger partial charge in [0, 0.05) is 6.61 Å². The van der Waals surface area contributed by atoms with Gasteiger partial charge in [-0.3, -0.25) is 4.79 Å². The van der Waals surface area contributed by atoms with Crippen LogP contribution in [-0.2, 0) is 9.53 Å². The third kappa shape index (κ3) is 2.41. The smallest absolute Gasteiger partial charge is 0.240 e. The van der Waals surface area contributed by atoms with Gasteiger partial charge in [0.05, 0.1) is 17.7 Å². The van der Waals surface area contributed by atoms with Crippen molar-refractivity contribution in [2.24, 2.45) is 5.92 Å². The van der Waals surface area contributed by atoms with Crippen LogP contribution in [0.4, 0.5) is 0 Å². The number of nitrogens with one attached hydrogen (secondary N) is 2. The van der Waals surface area contributed by atoms with E-state index in [-0.39, 0.29) is 23.6 Å². The van der Waals surface area contributed by atoms with Crippen molar-refractivity contribution < 1.29 is 9.53 Å². The van der Waals surface area contributed by atoms with Crippen molar-refractivity contribution in [3.05, 3.63) is 0 Å². The SMILES string of the molecule is CC1(C(=O)NC2CCOC2C2CC2)CCCCN1. The van der Waals surface area contributed by atoms with Crippen LogP contribution in [0.1, 0.15) is 45.4 Å². The zero-order valence-corrected chi connectivity index (χ0v) is 11.2. The first-order valence-electron chi connectivity index (χ1n) is 7.37. The number of carbonyl (C=O) groups excluding carboxylic acids is 1. The second kappa shape index (κ2) is 4.82. The summed E-state index contributed by atoms with van der Waals surface area (Å²) in [4.78, 5) is 12.4. The van der Waals surface area contributed by atoms with Crippen LogP contribution in [0.15, 0.2) is 0 Å². The normalized spacial score (nSPS) is 40.7. The van der Waals surface area contributed by atoms with Crippen molar-refractivity contribution in [3.63, 3.8) is 0 Å². The average Bonchev–Trinajstić information content (AvgIpc) is 3.11. The highest BCUT2D eigenvalue weighted by Crippen LogP contribution is 2.38. The quantitative estimate of drug-likeness (QED) is 0.793. The topological polar surface area (TPSA) is 50.4 Å². The number of hydrogen-bond donors (Lipinski definition) is 2. The Morgan fingerprint density at radius 3 is 2.83 bits per heavy atom. The van der Waals surface area contributed by atoms with Crippen LogP contribution in [0.5, 0.6) is 0 Å². The molecule has 0 spiro atoms. The highest BCUT2D eigenvalue weighted by Gasteiger charge is 2.43. The fourth-order valence-electron chi connectivity index (χ4n) is 3.23. The van der Waals surface area contributed by atoms with E-state index < -0.39 is 0 Å². The van der Waals surface area contributed by atoms with Gasteiger partial charge in [-0.1, -0.05) is 0 Å². The lowest BCUT2D eigenvalue weighted by Gasteiger charge is -2.35. The average molecular weight is 252 g/mol. The van der Waals surface area contributed by atoms with Crippen molar-refractivity contribution >= 4 is 5.91 Å². The molecule has 3 aliphatic rings. The summed E-state index contributed by atoms with van der Waals surface area (Å²) in [5.74, 6) is 0.869. The van der Waals surface area contributed by atoms with Gasteiger partial charge in [0.2, 0.25) is 5.91 Å². The summed E-state index contributed by atoms with van der Waals surface area (Å²) in [7, 11) is 0. The maximum atomic E-state index is 12.4. The second-order valence-corrected chi connectivity index (χ2v) is 6.26. The van der Waals surface area contributed by atoms with Gasteiger partial charge in [-0.15, -0.1) is 0 Å². The number of ether oxygens (including phenoxy) is 1. The van der Waals surface area contributed by atoms with Gasteiger partial charge in [-0.25, -0.2) is 0 Å². The molecule has 2 heterocycles. The van der Waals surface area contributed by atoms with Crippen molar-refractivity contribution in [1.29, 1.82) is 0 Å². The number of hydrogen-bond acceptors (Lipinski definition) is 3. The van der Waals surface area contributed by atoms with Crippen LogP contribution in [0, 0.1) is 5.92 Å². The Bertz CT molecular complexity index is 322. The molecular formula is C14H24N2O2. The van der Waals surface area contributed by atoms with Crippen LogP contribution in [0.2, 0.25) is 0 Å². The van der Waals surface area contributed by atoms with E-state index >= 15 is 0 Å². The van der Waals surface area contributed by atoms with E-state index in [0.717, 1.165) is 32.4 Å². The van der Waals surface area contributed by atoms with Crippen molar-refractivity contribution in [2.75, 3.05) is 13.2 Å². The standard InChI is InChI=1S/C14H24N2O2/c1-14(7-2-3-8-15-14)13(17)16-11-6-9-18-12(11)10-4-5-10/h10-12,15H,2-9H2,1H3,(H,16,17). The molecule has 4 heteroatoms. The van der Waals surface area contributed by atoms with Gasteiger partial charge in [0.25, 0.3) is 0 Å². The number of rotatable bonds is 3. The molecule has 0 aromatic carbocycles. The van der Waals surface area contributed by atoms with Crippen LogP contribution < -0.4 is 10.6 Å². The van der Waals surface area contributed by atoms with E-state index in [2.05, 4.69) is 10.6 Å². The molecule has 2 saturated heterocycles. The van der Waals surface area contributed by atoms with Crippen molar-refractivity contribution in [2.45, 2.75) is 63.1 Å². The molecule has 0 bridgehead atoms. The summed E-state index contributed by atoms with van der Waals surface area (Å²) < 4.78 is 5.78. The maximum Gasteiger partial charge on any atom is 0.240 e. The number of piperidine rings is 1. The monoisotopic (exact) mass is 252 g/mol. The first-order chi connectivity index (χ1) is 8.69. The summed E-state index contributed by atoms with van der Waals surface area (Å²) in [5.41, 5.74) is -0.366. The van der Waals surface area contributed by atoms with Gasteiger partial charge in [0.1, 0.15) is 0 Å². The molecule has 3 rings (SSSR count). The summed E-state index contributed by atoms with van der Waals surface area (Å²) in [6.45, 7) is 3.79. The van der Waals surface area contributed by atoms with Crippen LogP contribution in [-0.4, -0.2) is 36.7 Å². The van der Waals surface area contributed by atoms with E-state index in [4.69, 9.17) is 4.74 Å². The van der Waals surface area contributed by atoms with E-state index in [9.17, 15) is 4.79 Å². The van der Waals surface area contributed by atoms with E-state index in [1.54, 1.807) is 0 Å². The summed E-state index contributed by atoms with van der Waals surface area (Å²) in [5, 5.41) is 6.61. The predicted molar refractivity (Wildman–Crippen MR) is 69.3 cm³/mol. The molecule has 2 N–H and O–H groups in total. The van der Waals surface area contributed by atoms with Gasteiger partial charge >= 0.3 is 0 Å². The van der Waals surface area contributed by atoms with Crippen molar-refractivity contribution in [1.82, 2.24) is 10.6 Å². The lowest BCUT2D eigenvalue weighted by atomic mass is 9.89. The van der Waals surface area contributed by atoms with Gasteiger partial charge in [0.15, 0.2) is 0 Å². The van der Waals surface area contributed by atoms with Gasteiger partial charge in [-0.2, -0.15) is 0 Å². The molecule has 1 amide bonds. The zero-order valence-electron chi connectivity index (χ0n) is 11.2. The third-order valence-electron chi connectivity index (χ3n) is 4.66. The minimum Gasteiger partial charge on any atom is -0.376 e. The maximum absolute atomic E-state index is 12.4. The zero-order chi connectivity index (χ0) is 12.6. The molecule has 3 atom stereocenters. The molecule has 0 aromatic rings. The Balaban J connectivity index is 1.59. The Morgan fingerprint density at radius 1 is 1.33 bits per heavy atom. The molecule has 3 fully saturated rings. The van der Waals surface area contributed by atoms with Gasteiger partial charge in [-0.05, 0) is 57.9 Å². The fraction of sp³-hybridized carbons (Fsp3) is 0.929. The molecule has 0 radical (unpaired) electrons. The van der Waals surface area contributed by atoms with Crippen LogP contribution in [0.3, 0.4) is 0 Å². The lowest BCUT2D eigenvalue weighted by Crippen LogP contribution is -2.59. The number of carbonyl (C=O) groups is 1. The summed E-state index contributed by atoms with van der Waals surface area (Å²) >= 11 is 0. The molecule has 18 heavy (non-hydrogen) atoms.